The number of thiazole rings is 1. The summed E-state index contributed by atoms with van der Waals surface area (Å²) in [5.74, 6) is -0.0453. The van der Waals surface area contributed by atoms with Gasteiger partial charge in [-0.2, -0.15) is 0 Å². The predicted molar refractivity (Wildman–Crippen MR) is 118 cm³/mol. The number of hydrogen-bond acceptors (Lipinski definition) is 4. The second-order valence-electron chi connectivity index (χ2n) is 6.62. The highest BCUT2D eigenvalue weighted by Gasteiger charge is 2.06. The number of aromatic nitrogens is 1. The molecule has 0 aliphatic heterocycles. The number of hydrogen-bond donors (Lipinski definition) is 3. The Labute approximate surface area is 174 Å². The van der Waals surface area contributed by atoms with Crippen molar-refractivity contribution in [2.45, 2.75) is 26.7 Å². The van der Waals surface area contributed by atoms with Crippen LogP contribution in [-0.2, 0) is 11.2 Å². The summed E-state index contributed by atoms with van der Waals surface area (Å²) in [4.78, 5) is 28.1. The van der Waals surface area contributed by atoms with E-state index in [4.69, 9.17) is 0 Å². The molecule has 1 heterocycles. The van der Waals surface area contributed by atoms with Crippen LogP contribution < -0.4 is 16.0 Å². The third-order valence-corrected chi connectivity index (χ3v) is 5.20. The Morgan fingerprint density at radius 2 is 1.62 bits per heavy atom. The van der Waals surface area contributed by atoms with Gasteiger partial charge in [0.05, 0.1) is 5.69 Å². The monoisotopic (exact) mass is 408 g/mol. The minimum Gasteiger partial charge on any atom is -0.337 e. The molecule has 0 aliphatic carbocycles. The number of urea groups is 1. The number of anilines is 2. The summed E-state index contributed by atoms with van der Waals surface area (Å²) >= 11 is 1.61. The fourth-order valence-corrected chi connectivity index (χ4v) is 3.48. The van der Waals surface area contributed by atoms with Crippen LogP contribution in [0.2, 0.25) is 0 Å². The Morgan fingerprint density at radius 1 is 0.966 bits per heavy atom. The van der Waals surface area contributed by atoms with Gasteiger partial charge in [0.2, 0.25) is 5.91 Å². The standard InChI is InChI=1S/C22H24N4O2S/c1-3-20(27)24-17-8-10-18(11-9-17)26-22(28)23-13-12-19-14-29-21(25-19)16-6-4-15(2)5-7-16/h4-11,14H,3,12-13H2,1-2H3,(H,24,27)(H2,23,26,28). The lowest BCUT2D eigenvalue weighted by Gasteiger charge is -2.08. The maximum absolute atomic E-state index is 12.1. The summed E-state index contributed by atoms with van der Waals surface area (Å²) in [6.07, 6.45) is 1.09. The normalized spacial score (nSPS) is 10.4. The Bertz CT molecular complexity index is 965. The number of amides is 3. The van der Waals surface area contributed by atoms with E-state index in [9.17, 15) is 9.59 Å². The third-order valence-electron chi connectivity index (χ3n) is 4.26. The third kappa shape index (κ3) is 6.15. The Kier molecular flexibility index (Phi) is 6.97. The van der Waals surface area contributed by atoms with E-state index in [1.54, 1.807) is 42.5 Å². The number of benzene rings is 2. The van der Waals surface area contributed by atoms with Gasteiger partial charge in [-0.05, 0) is 31.2 Å². The minimum absolute atomic E-state index is 0.0453. The molecule has 3 aromatic rings. The van der Waals surface area contributed by atoms with E-state index in [-0.39, 0.29) is 11.9 Å². The first kappa shape index (κ1) is 20.5. The van der Waals surface area contributed by atoms with Crippen molar-refractivity contribution >= 4 is 34.6 Å². The summed E-state index contributed by atoms with van der Waals surface area (Å²) in [5.41, 5.74) is 4.65. The van der Waals surface area contributed by atoms with Gasteiger partial charge in [0.25, 0.3) is 0 Å². The second kappa shape index (κ2) is 9.84. The molecule has 0 fully saturated rings. The molecule has 0 spiro atoms. The van der Waals surface area contributed by atoms with Crippen LogP contribution in [0.3, 0.4) is 0 Å². The summed E-state index contributed by atoms with van der Waals surface area (Å²) < 4.78 is 0. The molecule has 3 rings (SSSR count). The lowest BCUT2D eigenvalue weighted by Crippen LogP contribution is -2.30. The first-order chi connectivity index (χ1) is 14.0. The van der Waals surface area contributed by atoms with Crippen LogP contribution in [-0.4, -0.2) is 23.5 Å². The van der Waals surface area contributed by atoms with Gasteiger partial charge >= 0.3 is 6.03 Å². The van der Waals surface area contributed by atoms with Crippen LogP contribution in [0, 0.1) is 6.92 Å². The molecule has 0 aliphatic rings. The average Bonchev–Trinajstić information content (AvgIpc) is 3.19. The number of rotatable bonds is 7. The van der Waals surface area contributed by atoms with Crippen LogP contribution in [0.5, 0.6) is 0 Å². The van der Waals surface area contributed by atoms with E-state index in [1.807, 2.05) is 5.38 Å². The van der Waals surface area contributed by atoms with Gasteiger partial charge in [0.1, 0.15) is 5.01 Å². The largest absolute Gasteiger partial charge is 0.337 e. The molecule has 0 radical (unpaired) electrons. The molecule has 0 bridgehead atoms. The molecule has 3 amide bonds. The molecule has 0 saturated heterocycles. The van der Waals surface area contributed by atoms with E-state index >= 15 is 0 Å². The zero-order valence-electron chi connectivity index (χ0n) is 16.5. The molecular weight excluding hydrogens is 384 g/mol. The number of aryl methyl sites for hydroxylation is 1. The molecule has 0 saturated carbocycles. The van der Waals surface area contributed by atoms with Crippen molar-refractivity contribution in [2.24, 2.45) is 0 Å². The minimum atomic E-state index is -0.274. The predicted octanol–water partition coefficient (Wildman–Crippen LogP) is 4.83. The second-order valence-corrected chi connectivity index (χ2v) is 7.48. The van der Waals surface area contributed by atoms with Gasteiger partial charge in [0, 0.05) is 41.7 Å². The average molecular weight is 409 g/mol. The van der Waals surface area contributed by atoms with Crippen LogP contribution in [0.15, 0.2) is 53.9 Å². The first-order valence-electron chi connectivity index (χ1n) is 9.49. The van der Waals surface area contributed by atoms with Crippen molar-refractivity contribution in [1.29, 1.82) is 0 Å². The molecule has 29 heavy (non-hydrogen) atoms. The molecule has 2 aromatic carbocycles. The quantitative estimate of drug-likeness (QED) is 0.523. The highest BCUT2D eigenvalue weighted by molar-refractivity contribution is 7.13. The lowest BCUT2D eigenvalue weighted by molar-refractivity contribution is -0.115. The molecule has 150 valence electrons. The number of nitrogens with one attached hydrogen (secondary N) is 3. The van der Waals surface area contributed by atoms with E-state index < -0.39 is 0 Å². The van der Waals surface area contributed by atoms with Gasteiger partial charge in [-0.1, -0.05) is 36.8 Å². The fraction of sp³-hybridized carbons (Fsp3) is 0.227. The molecular formula is C22H24N4O2S. The maximum atomic E-state index is 12.1. The van der Waals surface area contributed by atoms with Gasteiger partial charge in [-0.3, -0.25) is 4.79 Å². The van der Waals surface area contributed by atoms with Crippen molar-refractivity contribution in [3.63, 3.8) is 0 Å². The van der Waals surface area contributed by atoms with Crippen LogP contribution in [0.1, 0.15) is 24.6 Å². The van der Waals surface area contributed by atoms with E-state index in [0.717, 1.165) is 16.3 Å². The molecule has 7 heteroatoms. The zero-order valence-corrected chi connectivity index (χ0v) is 17.3. The zero-order chi connectivity index (χ0) is 20.6. The van der Waals surface area contributed by atoms with Crippen molar-refractivity contribution < 1.29 is 9.59 Å². The summed E-state index contributed by atoms with van der Waals surface area (Å²) in [7, 11) is 0. The first-order valence-corrected chi connectivity index (χ1v) is 10.4. The van der Waals surface area contributed by atoms with Gasteiger partial charge < -0.3 is 16.0 Å². The molecule has 1 aromatic heterocycles. The van der Waals surface area contributed by atoms with Crippen molar-refractivity contribution in [3.8, 4) is 10.6 Å². The number of carbonyl (C=O) groups is 2. The van der Waals surface area contributed by atoms with Crippen LogP contribution in [0.4, 0.5) is 16.2 Å². The fourth-order valence-electron chi connectivity index (χ4n) is 2.62. The van der Waals surface area contributed by atoms with Crippen molar-refractivity contribution in [2.75, 3.05) is 17.2 Å². The maximum Gasteiger partial charge on any atom is 0.319 e. The Morgan fingerprint density at radius 3 is 2.28 bits per heavy atom. The van der Waals surface area contributed by atoms with Crippen molar-refractivity contribution in [1.82, 2.24) is 10.3 Å². The Hall–Kier alpha value is -3.19. The van der Waals surface area contributed by atoms with E-state index in [2.05, 4.69) is 52.1 Å². The highest BCUT2D eigenvalue weighted by atomic mass is 32.1. The van der Waals surface area contributed by atoms with Crippen LogP contribution >= 0.6 is 11.3 Å². The Balaban J connectivity index is 1.44. The van der Waals surface area contributed by atoms with Gasteiger partial charge in [0.15, 0.2) is 0 Å². The smallest absolute Gasteiger partial charge is 0.319 e. The van der Waals surface area contributed by atoms with Crippen LogP contribution in [0.25, 0.3) is 10.6 Å². The van der Waals surface area contributed by atoms with E-state index in [0.29, 0.717) is 30.8 Å². The molecule has 3 N–H and O–H groups in total. The SMILES string of the molecule is CCC(=O)Nc1ccc(NC(=O)NCCc2csc(-c3ccc(C)cc3)n2)cc1. The van der Waals surface area contributed by atoms with Gasteiger partial charge in [-0.25, -0.2) is 9.78 Å². The van der Waals surface area contributed by atoms with Gasteiger partial charge in [-0.15, -0.1) is 11.3 Å². The lowest BCUT2D eigenvalue weighted by atomic mass is 10.2. The number of nitrogens with zero attached hydrogens (tertiary/aromatic N) is 1. The summed E-state index contributed by atoms with van der Waals surface area (Å²) in [5, 5.41) is 11.4. The highest BCUT2D eigenvalue weighted by Crippen LogP contribution is 2.24. The van der Waals surface area contributed by atoms with Crippen molar-refractivity contribution in [3.05, 3.63) is 65.2 Å². The molecule has 6 nitrogen and oxygen atoms in total. The topological polar surface area (TPSA) is 83.1 Å². The molecule has 0 atom stereocenters. The summed E-state index contributed by atoms with van der Waals surface area (Å²) in [6, 6.07) is 15.0. The number of carbonyl (C=O) groups excluding carboxylic acids is 2. The molecule has 0 unspecified atom stereocenters. The van der Waals surface area contributed by atoms with E-state index in [1.165, 1.54) is 5.56 Å². The summed E-state index contributed by atoms with van der Waals surface area (Å²) in [6.45, 7) is 4.35.